The number of halogens is 2. The molecule has 157 valence electrons. The first-order chi connectivity index (χ1) is 14.2. The molecule has 0 unspecified atom stereocenters. The maximum Gasteiger partial charge on any atom is 0.133 e. The van der Waals surface area contributed by atoms with Crippen LogP contribution in [0.15, 0.2) is 36.4 Å². The third-order valence-corrected chi connectivity index (χ3v) is 6.17. The molecule has 0 N–H and O–H groups in total. The first-order valence-electron chi connectivity index (χ1n) is 11.3. The summed E-state index contributed by atoms with van der Waals surface area (Å²) in [6.07, 6.45) is 13.3. The van der Waals surface area contributed by atoms with Crippen molar-refractivity contribution >= 4 is 0 Å². The van der Waals surface area contributed by atoms with Crippen LogP contribution in [0.1, 0.15) is 71.1 Å². The van der Waals surface area contributed by atoms with E-state index < -0.39 is 11.6 Å². The lowest BCUT2D eigenvalue weighted by molar-refractivity contribution is 0.177. The lowest BCUT2D eigenvalue weighted by Crippen LogP contribution is -2.20. The van der Waals surface area contributed by atoms with E-state index in [0.717, 1.165) is 12.0 Å². The monoisotopic (exact) mass is 399 g/mol. The predicted octanol–water partition coefficient (Wildman–Crippen LogP) is 7.98. The van der Waals surface area contributed by atoms with E-state index in [1.54, 1.807) is 18.2 Å². The van der Waals surface area contributed by atoms with Crippen LogP contribution in [-0.2, 0) is 0 Å². The molecule has 0 atom stereocenters. The fourth-order valence-corrected chi connectivity index (χ4v) is 4.35. The van der Waals surface area contributed by atoms with Gasteiger partial charge in [-0.2, -0.15) is 0 Å². The van der Waals surface area contributed by atoms with E-state index in [0.29, 0.717) is 29.4 Å². The Kier molecular flexibility index (Phi) is 8.52. The van der Waals surface area contributed by atoms with E-state index in [1.807, 2.05) is 0 Å². The van der Waals surface area contributed by atoms with Crippen molar-refractivity contribution in [2.45, 2.75) is 71.1 Å². The van der Waals surface area contributed by atoms with E-state index in [9.17, 15) is 8.78 Å². The molecule has 29 heavy (non-hydrogen) atoms. The molecule has 1 aliphatic carbocycles. The number of hydrogen-bond acceptors (Lipinski definition) is 1. The molecule has 3 rings (SSSR count). The van der Waals surface area contributed by atoms with Crippen molar-refractivity contribution < 1.29 is 13.5 Å². The molecule has 0 spiro atoms. The summed E-state index contributed by atoms with van der Waals surface area (Å²) in [5.74, 6) is 0.983. The van der Waals surface area contributed by atoms with Gasteiger partial charge in [0, 0.05) is 17.7 Å². The van der Waals surface area contributed by atoms with Crippen LogP contribution in [0.2, 0.25) is 0 Å². The van der Waals surface area contributed by atoms with E-state index >= 15 is 0 Å². The van der Waals surface area contributed by atoms with Gasteiger partial charge in [-0.15, -0.1) is 0 Å². The average molecular weight is 400 g/mol. The summed E-state index contributed by atoms with van der Waals surface area (Å²) in [6.45, 7) is 2.95. The van der Waals surface area contributed by atoms with Crippen molar-refractivity contribution in [3.05, 3.63) is 54.1 Å². The standard InChI is InChI=1S/C26H33F2O/c1-2-3-4-5-6-8-20-11-13-21(14-12-20)19-29-24-10-7-9-22(17-24)25-16-15-23(27)18-26(25)28/h7,9,15-18,20-21H,2-6,8,11-14,19H2,1H3/t20-,21-. The zero-order chi connectivity index (χ0) is 20.5. The molecule has 1 radical (unpaired) electrons. The summed E-state index contributed by atoms with van der Waals surface area (Å²) in [7, 11) is 0. The lowest BCUT2D eigenvalue weighted by Gasteiger charge is -2.28. The van der Waals surface area contributed by atoms with E-state index in [4.69, 9.17) is 4.74 Å². The Morgan fingerprint density at radius 3 is 2.45 bits per heavy atom. The molecule has 1 aliphatic rings. The second-order valence-electron chi connectivity index (χ2n) is 8.47. The predicted molar refractivity (Wildman–Crippen MR) is 115 cm³/mol. The Morgan fingerprint density at radius 2 is 1.69 bits per heavy atom. The number of unbranched alkanes of at least 4 members (excludes halogenated alkanes) is 4. The van der Waals surface area contributed by atoms with Gasteiger partial charge in [0.2, 0.25) is 0 Å². The molecule has 3 heteroatoms. The van der Waals surface area contributed by atoms with Crippen LogP contribution >= 0.6 is 0 Å². The van der Waals surface area contributed by atoms with Crippen LogP contribution in [0.3, 0.4) is 0 Å². The number of benzene rings is 2. The third-order valence-electron chi connectivity index (χ3n) is 6.17. The molecular weight excluding hydrogens is 366 g/mol. The quantitative estimate of drug-likeness (QED) is 0.368. The summed E-state index contributed by atoms with van der Waals surface area (Å²) < 4.78 is 33.2. The Hall–Kier alpha value is -1.90. The van der Waals surface area contributed by atoms with Gasteiger partial charge in [-0.25, -0.2) is 8.78 Å². The van der Waals surface area contributed by atoms with E-state index in [-0.39, 0.29) is 0 Å². The fourth-order valence-electron chi connectivity index (χ4n) is 4.35. The summed E-state index contributed by atoms with van der Waals surface area (Å²) in [4.78, 5) is 0. The van der Waals surface area contributed by atoms with Crippen LogP contribution in [0.25, 0.3) is 11.1 Å². The highest BCUT2D eigenvalue weighted by molar-refractivity contribution is 5.65. The van der Waals surface area contributed by atoms with E-state index in [1.165, 1.54) is 76.3 Å². The minimum Gasteiger partial charge on any atom is -0.493 e. The third kappa shape index (κ3) is 6.83. The average Bonchev–Trinajstić information content (AvgIpc) is 2.73. The molecular formula is C26H33F2O. The maximum atomic E-state index is 14.0. The highest BCUT2D eigenvalue weighted by Crippen LogP contribution is 2.33. The van der Waals surface area contributed by atoms with Crippen molar-refractivity contribution in [3.8, 4) is 16.9 Å². The first kappa shape index (κ1) is 21.8. The highest BCUT2D eigenvalue weighted by atomic mass is 19.1. The Balaban J connectivity index is 1.43. The molecule has 0 aliphatic heterocycles. The SMILES string of the molecule is CCCCCCC[C@H]1CC[C@H](COc2[c]ccc(-c3ccc(F)cc3F)c2)CC1. The molecule has 2 aromatic carbocycles. The highest BCUT2D eigenvalue weighted by Gasteiger charge is 2.21. The molecule has 1 fully saturated rings. The van der Waals surface area contributed by atoms with Crippen LogP contribution in [-0.4, -0.2) is 6.61 Å². The van der Waals surface area contributed by atoms with Crippen LogP contribution < -0.4 is 4.74 Å². The van der Waals surface area contributed by atoms with Gasteiger partial charge in [-0.1, -0.05) is 64.4 Å². The van der Waals surface area contributed by atoms with Gasteiger partial charge in [0.05, 0.1) is 6.61 Å². The van der Waals surface area contributed by atoms with Gasteiger partial charge in [0.1, 0.15) is 17.4 Å². The van der Waals surface area contributed by atoms with E-state index in [2.05, 4.69) is 13.0 Å². The van der Waals surface area contributed by atoms with Crippen molar-refractivity contribution in [3.63, 3.8) is 0 Å². The first-order valence-corrected chi connectivity index (χ1v) is 11.3. The smallest absolute Gasteiger partial charge is 0.133 e. The molecule has 0 amide bonds. The molecule has 1 saturated carbocycles. The van der Waals surface area contributed by atoms with Crippen molar-refractivity contribution in [2.75, 3.05) is 6.61 Å². The topological polar surface area (TPSA) is 9.23 Å². The number of hydrogen-bond donors (Lipinski definition) is 0. The Labute approximate surface area is 174 Å². The molecule has 2 aromatic rings. The maximum absolute atomic E-state index is 14.0. The normalized spacial score (nSPS) is 19.3. The largest absolute Gasteiger partial charge is 0.493 e. The molecule has 1 nitrogen and oxygen atoms in total. The van der Waals surface area contributed by atoms with Crippen molar-refractivity contribution in [2.24, 2.45) is 11.8 Å². The minimum absolute atomic E-state index is 0.379. The van der Waals surface area contributed by atoms with Gasteiger partial charge >= 0.3 is 0 Å². The second-order valence-corrected chi connectivity index (χ2v) is 8.47. The van der Waals surface area contributed by atoms with Crippen LogP contribution in [0.4, 0.5) is 8.78 Å². The van der Waals surface area contributed by atoms with Gasteiger partial charge in [-0.05, 0) is 54.5 Å². The zero-order valence-electron chi connectivity index (χ0n) is 17.6. The van der Waals surface area contributed by atoms with Gasteiger partial charge in [0.25, 0.3) is 0 Å². The molecule has 0 bridgehead atoms. The summed E-state index contributed by atoms with van der Waals surface area (Å²) in [6, 6.07) is 12.0. The zero-order valence-corrected chi connectivity index (χ0v) is 17.6. The second kappa shape index (κ2) is 11.3. The number of rotatable bonds is 10. The molecule has 0 saturated heterocycles. The van der Waals surface area contributed by atoms with Crippen LogP contribution in [0.5, 0.6) is 5.75 Å². The summed E-state index contributed by atoms with van der Waals surface area (Å²) in [5.41, 5.74) is 1.06. The minimum atomic E-state index is -0.568. The van der Waals surface area contributed by atoms with Crippen molar-refractivity contribution in [1.82, 2.24) is 0 Å². The Morgan fingerprint density at radius 1 is 0.931 bits per heavy atom. The Bertz CT molecular complexity index is 750. The fraction of sp³-hybridized carbons (Fsp3) is 0.538. The van der Waals surface area contributed by atoms with Gasteiger partial charge < -0.3 is 4.74 Å². The van der Waals surface area contributed by atoms with Gasteiger partial charge in [0.15, 0.2) is 0 Å². The molecule has 0 aromatic heterocycles. The summed E-state index contributed by atoms with van der Waals surface area (Å²) >= 11 is 0. The van der Waals surface area contributed by atoms with Gasteiger partial charge in [-0.3, -0.25) is 0 Å². The molecule has 0 heterocycles. The number of ether oxygens (including phenoxy) is 1. The van der Waals surface area contributed by atoms with Crippen molar-refractivity contribution in [1.29, 1.82) is 0 Å². The lowest BCUT2D eigenvalue weighted by atomic mass is 9.80. The summed E-state index contributed by atoms with van der Waals surface area (Å²) in [5, 5.41) is 0. The van der Waals surface area contributed by atoms with Crippen LogP contribution in [0, 0.1) is 29.5 Å².